The number of aryl methyl sites for hydroxylation is 1. The van der Waals surface area contributed by atoms with E-state index in [1.165, 1.54) is 37.8 Å². The molecule has 0 bridgehead atoms. The molecule has 1 amide bonds. The smallest absolute Gasteiger partial charge is 0.228 e. The summed E-state index contributed by atoms with van der Waals surface area (Å²) in [5.74, 6) is 1.65. The first-order valence-corrected chi connectivity index (χ1v) is 12.6. The molecule has 2 aromatic rings. The third-order valence-corrected chi connectivity index (χ3v) is 8.68. The molecular formula is C25H31BrFN3O2. The van der Waals surface area contributed by atoms with Crippen LogP contribution in [-0.4, -0.2) is 22.1 Å². The van der Waals surface area contributed by atoms with E-state index in [9.17, 15) is 9.18 Å². The van der Waals surface area contributed by atoms with Gasteiger partial charge in [0.2, 0.25) is 5.91 Å². The number of nitrogens with zero attached hydrogens (tertiary/aromatic N) is 2. The molecule has 3 aliphatic rings. The number of benzene rings is 1. The molecule has 0 spiro atoms. The minimum Gasteiger partial charge on any atom is -0.369 e. The van der Waals surface area contributed by atoms with E-state index in [4.69, 9.17) is 15.5 Å². The van der Waals surface area contributed by atoms with Gasteiger partial charge in [-0.25, -0.2) is 9.37 Å². The van der Waals surface area contributed by atoms with Gasteiger partial charge in [0, 0.05) is 6.54 Å². The topological polar surface area (TPSA) is 70.1 Å². The average molecular weight is 504 g/mol. The monoisotopic (exact) mass is 503 g/mol. The van der Waals surface area contributed by atoms with E-state index in [1.807, 2.05) is 6.92 Å². The van der Waals surface area contributed by atoms with E-state index in [2.05, 4.69) is 20.5 Å². The van der Waals surface area contributed by atoms with Crippen molar-refractivity contribution >= 4 is 21.8 Å². The van der Waals surface area contributed by atoms with Gasteiger partial charge in [0.25, 0.3) is 0 Å². The fourth-order valence-corrected chi connectivity index (χ4v) is 5.55. The van der Waals surface area contributed by atoms with Crippen molar-refractivity contribution in [2.45, 2.75) is 75.9 Å². The summed E-state index contributed by atoms with van der Waals surface area (Å²) < 4.78 is 23.6. The van der Waals surface area contributed by atoms with Crippen molar-refractivity contribution in [3.63, 3.8) is 0 Å². The average Bonchev–Trinajstić information content (AvgIpc) is 3.70. The molecule has 1 heterocycles. The van der Waals surface area contributed by atoms with E-state index in [0.29, 0.717) is 37.5 Å². The number of amides is 1. The van der Waals surface area contributed by atoms with Crippen LogP contribution in [0.15, 0.2) is 28.9 Å². The number of primary amides is 1. The summed E-state index contributed by atoms with van der Waals surface area (Å²) in [6, 6.07) is 6.22. The summed E-state index contributed by atoms with van der Waals surface area (Å²) in [4.78, 5) is 17.7. The Morgan fingerprint density at radius 3 is 2.34 bits per heavy atom. The molecule has 0 atom stereocenters. The zero-order valence-electron chi connectivity index (χ0n) is 18.6. The van der Waals surface area contributed by atoms with Gasteiger partial charge in [-0.05, 0) is 104 Å². The van der Waals surface area contributed by atoms with Gasteiger partial charge in [0.05, 0.1) is 17.7 Å². The van der Waals surface area contributed by atoms with Crippen LogP contribution in [0.2, 0.25) is 0 Å². The van der Waals surface area contributed by atoms with Crippen molar-refractivity contribution in [1.29, 1.82) is 0 Å². The second-order valence-corrected chi connectivity index (χ2v) is 10.8. The summed E-state index contributed by atoms with van der Waals surface area (Å²) >= 11 is 3.76. The Balaban J connectivity index is 1.49. The van der Waals surface area contributed by atoms with Crippen LogP contribution >= 0.6 is 15.9 Å². The van der Waals surface area contributed by atoms with Crippen LogP contribution in [0.5, 0.6) is 0 Å². The van der Waals surface area contributed by atoms with Crippen molar-refractivity contribution in [1.82, 2.24) is 9.55 Å². The van der Waals surface area contributed by atoms with Gasteiger partial charge in [-0.1, -0.05) is 12.1 Å². The minimum atomic E-state index is -0.805. The molecule has 0 unspecified atom stereocenters. The molecule has 32 heavy (non-hydrogen) atoms. The quantitative estimate of drug-likeness (QED) is 0.543. The number of aromatic nitrogens is 2. The zero-order valence-corrected chi connectivity index (χ0v) is 20.2. The van der Waals surface area contributed by atoms with Crippen molar-refractivity contribution in [3.05, 3.63) is 51.8 Å². The maximum atomic E-state index is 13.5. The highest BCUT2D eigenvalue weighted by molar-refractivity contribution is 9.10. The number of hydrogen-bond acceptors (Lipinski definition) is 3. The molecule has 0 saturated heterocycles. The molecule has 3 aliphatic carbocycles. The molecule has 0 aliphatic heterocycles. The lowest BCUT2D eigenvalue weighted by Crippen LogP contribution is -2.49. The van der Waals surface area contributed by atoms with Crippen LogP contribution in [0.1, 0.15) is 68.4 Å². The molecule has 2 N–H and O–H groups in total. The summed E-state index contributed by atoms with van der Waals surface area (Å²) in [6.45, 7) is 3.71. The summed E-state index contributed by atoms with van der Waals surface area (Å²) in [6.07, 6.45) is 7.40. The maximum absolute atomic E-state index is 13.5. The Morgan fingerprint density at radius 2 is 1.78 bits per heavy atom. The number of carbonyl (C=O) groups excluding carboxylic acids is 1. The number of rotatable bonds is 8. The predicted molar refractivity (Wildman–Crippen MR) is 123 cm³/mol. The van der Waals surface area contributed by atoms with Gasteiger partial charge < -0.3 is 15.0 Å². The lowest BCUT2D eigenvalue weighted by atomic mass is 9.64. The van der Waals surface area contributed by atoms with Gasteiger partial charge in [-0.2, -0.15) is 0 Å². The summed E-state index contributed by atoms with van der Waals surface area (Å²) in [5, 5.41) is 0. The molecule has 3 saturated carbocycles. The van der Waals surface area contributed by atoms with E-state index < -0.39 is 11.0 Å². The zero-order chi connectivity index (χ0) is 22.5. The molecule has 3 fully saturated rings. The standard InChI is InChI=1S/C25H31BrFN3O2/c1-16-21(26)30(14-17-2-3-17)23(29-16)25(32-15-18-4-5-18)12-10-24(11-13-25,22(28)31)19-6-8-20(27)9-7-19/h6-9,17-18H,2-5,10-15H2,1H3,(H2,28,31). The van der Waals surface area contributed by atoms with Crippen molar-refractivity contribution in [3.8, 4) is 0 Å². The Hall–Kier alpha value is -1.73. The molecule has 172 valence electrons. The van der Waals surface area contributed by atoms with E-state index >= 15 is 0 Å². The number of carbonyl (C=O) groups is 1. The van der Waals surface area contributed by atoms with E-state index in [0.717, 1.165) is 34.8 Å². The number of nitrogens with two attached hydrogens (primary N) is 1. The largest absolute Gasteiger partial charge is 0.369 e. The fourth-order valence-electron chi connectivity index (χ4n) is 5.15. The highest BCUT2D eigenvalue weighted by atomic mass is 79.9. The molecule has 7 heteroatoms. The molecule has 5 nitrogen and oxygen atoms in total. The maximum Gasteiger partial charge on any atom is 0.228 e. The number of imidazole rings is 1. The molecule has 1 aromatic heterocycles. The Morgan fingerprint density at radius 1 is 1.16 bits per heavy atom. The lowest BCUT2D eigenvalue weighted by Gasteiger charge is -2.45. The minimum absolute atomic E-state index is 0.311. The second kappa shape index (κ2) is 8.24. The Bertz CT molecular complexity index is 1000. The normalized spacial score (nSPS) is 28.1. The van der Waals surface area contributed by atoms with Crippen LogP contribution < -0.4 is 5.73 Å². The third kappa shape index (κ3) is 4.03. The van der Waals surface area contributed by atoms with Gasteiger partial charge >= 0.3 is 0 Å². The van der Waals surface area contributed by atoms with Gasteiger partial charge in [-0.3, -0.25) is 4.79 Å². The highest BCUT2D eigenvalue weighted by Crippen LogP contribution is 2.50. The van der Waals surface area contributed by atoms with Crippen molar-refractivity contribution in [2.75, 3.05) is 6.61 Å². The van der Waals surface area contributed by atoms with E-state index in [-0.39, 0.29) is 11.7 Å². The van der Waals surface area contributed by atoms with Crippen LogP contribution in [0.3, 0.4) is 0 Å². The third-order valence-electron chi connectivity index (χ3n) is 7.68. The number of hydrogen-bond donors (Lipinski definition) is 1. The number of halogens is 2. The first-order chi connectivity index (χ1) is 15.3. The first-order valence-electron chi connectivity index (χ1n) is 11.8. The highest BCUT2D eigenvalue weighted by Gasteiger charge is 2.51. The van der Waals surface area contributed by atoms with E-state index in [1.54, 1.807) is 12.1 Å². The predicted octanol–water partition coefficient (Wildman–Crippen LogP) is 5.12. The first kappa shape index (κ1) is 22.1. The fraction of sp³-hybridized carbons (Fsp3) is 0.600. The van der Waals surface area contributed by atoms with Crippen LogP contribution in [-0.2, 0) is 27.1 Å². The van der Waals surface area contributed by atoms with Crippen LogP contribution in [0.4, 0.5) is 4.39 Å². The molecular weight excluding hydrogens is 473 g/mol. The second-order valence-electron chi connectivity index (χ2n) is 10.1. The Kier molecular flexibility index (Phi) is 5.69. The summed E-state index contributed by atoms with van der Waals surface area (Å²) in [5.41, 5.74) is 6.39. The number of ether oxygens (including phenoxy) is 1. The summed E-state index contributed by atoms with van der Waals surface area (Å²) in [7, 11) is 0. The SMILES string of the molecule is Cc1nc(C2(OCC3CC3)CCC(C(N)=O)(c3ccc(F)cc3)CC2)n(CC2CC2)c1Br. The van der Waals surface area contributed by atoms with Gasteiger partial charge in [0.1, 0.15) is 21.8 Å². The van der Waals surface area contributed by atoms with Crippen LogP contribution in [0, 0.1) is 24.6 Å². The van der Waals surface area contributed by atoms with Crippen molar-refractivity contribution < 1.29 is 13.9 Å². The molecule has 1 aromatic carbocycles. The molecule has 0 radical (unpaired) electrons. The van der Waals surface area contributed by atoms with Crippen LogP contribution in [0.25, 0.3) is 0 Å². The molecule has 5 rings (SSSR count). The lowest BCUT2D eigenvalue weighted by molar-refractivity contribution is -0.133. The Labute approximate surface area is 197 Å². The van der Waals surface area contributed by atoms with Gasteiger partial charge in [0.15, 0.2) is 0 Å². The van der Waals surface area contributed by atoms with Crippen molar-refractivity contribution in [2.24, 2.45) is 17.6 Å². The van der Waals surface area contributed by atoms with Gasteiger partial charge in [-0.15, -0.1) is 0 Å².